The second kappa shape index (κ2) is 5.80. The van der Waals surface area contributed by atoms with Crippen LogP contribution in [0.3, 0.4) is 0 Å². The van der Waals surface area contributed by atoms with Crippen LogP contribution in [0.2, 0.25) is 0 Å². The maximum atomic E-state index is 13.6. The van der Waals surface area contributed by atoms with Crippen molar-refractivity contribution in [2.45, 2.75) is 38.7 Å². The highest BCUT2D eigenvalue weighted by Crippen LogP contribution is 2.33. The predicted octanol–water partition coefficient (Wildman–Crippen LogP) is 3.43. The van der Waals surface area contributed by atoms with Gasteiger partial charge in [0.05, 0.1) is 12.5 Å². The maximum Gasteiger partial charge on any atom is 0.303 e. The summed E-state index contributed by atoms with van der Waals surface area (Å²) in [5, 5.41) is 8.41. The Morgan fingerprint density at radius 1 is 1.33 bits per heavy atom. The monoisotopic (exact) mass is 258 g/mol. The van der Waals surface area contributed by atoms with E-state index < -0.39 is 24.7 Å². The van der Waals surface area contributed by atoms with Crippen molar-refractivity contribution in [2.24, 2.45) is 0 Å². The molecule has 0 atom stereocenters. The number of hydrogen-bond donors (Lipinski definition) is 1. The first kappa shape index (κ1) is 14.4. The molecule has 0 aromatic heterocycles. The predicted molar refractivity (Wildman–Crippen MR) is 63.0 cm³/mol. The van der Waals surface area contributed by atoms with Crippen molar-refractivity contribution < 1.29 is 23.4 Å². The van der Waals surface area contributed by atoms with Crippen LogP contribution in [0, 0.1) is 0 Å². The molecule has 0 saturated carbocycles. The Hall–Kier alpha value is -1.65. The number of rotatable bonds is 6. The zero-order valence-corrected chi connectivity index (χ0v) is 10.3. The Morgan fingerprint density at radius 3 is 2.33 bits per heavy atom. The van der Waals surface area contributed by atoms with Crippen LogP contribution >= 0.6 is 0 Å². The Labute approximate surface area is 104 Å². The SMILES string of the molecule is CC(C)Oc1ccc(C(F)(F)CCC(=O)O)cc1. The van der Waals surface area contributed by atoms with E-state index in [-0.39, 0.29) is 11.7 Å². The lowest BCUT2D eigenvalue weighted by atomic mass is 10.0. The Morgan fingerprint density at radius 2 is 1.89 bits per heavy atom. The van der Waals surface area contributed by atoms with Crippen LogP contribution in [-0.4, -0.2) is 17.2 Å². The lowest BCUT2D eigenvalue weighted by Gasteiger charge is -2.16. The molecule has 0 saturated heterocycles. The smallest absolute Gasteiger partial charge is 0.303 e. The summed E-state index contributed by atoms with van der Waals surface area (Å²) in [4.78, 5) is 10.3. The van der Waals surface area contributed by atoms with Gasteiger partial charge in [0.25, 0.3) is 5.92 Å². The largest absolute Gasteiger partial charge is 0.491 e. The van der Waals surface area contributed by atoms with Crippen LogP contribution in [0.25, 0.3) is 0 Å². The molecule has 1 aromatic carbocycles. The molecule has 0 bridgehead atoms. The molecule has 0 heterocycles. The summed E-state index contributed by atoms with van der Waals surface area (Å²) in [6.07, 6.45) is -1.28. The molecule has 100 valence electrons. The number of hydrogen-bond acceptors (Lipinski definition) is 2. The van der Waals surface area contributed by atoms with E-state index in [1.165, 1.54) is 24.3 Å². The van der Waals surface area contributed by atoms with Gasteiger partial charge in [0.15, 0.2) is 0 Å². The third kappa shape index (κ3) is 4.31. The van der Waals surface area contributed by atoms with Crippen molar-refractivity contribution >= 4 is 5.97 Å². The van der Waals surface area contributed by atoms with Crippen molar-refractivity contribution in [3.05, 3.63) is 29.8 Å². The Bertz CT molecular complexity index is 399. The highest BCUT2D eigenvalue weighted by molar-refractivity contribution is 5.66. The molecule has 0 unspecified atom stereocenters. The van der Waals surface area contributed by atoms with Crippen molar-refractivity contribution in [3.8, 4) is 5.75 Å². The minimum atomic E-state index is -3.13. The van der Waals surface area contributed by atoms with Crippen LogP contribution in [0.5, 0.6) is 5.75 Å². The number of benzene rings is 1. The standard InChI is InChI=1S/C13H16F2O3/c1-9(2)18-11-5-3-10(4-6-11)13(14,15)8-7-12(16)17/h3-6,9H,7-8H2,1-2H3,(H,16,17). The van der Waals surface area contributed by atoms with Gasteiger partial charge in [-0.1, -0.05) is 0 Å². The van der Waals surface area contributed by atoms with Gasteiger partial charge in [0.1, 0.15) is 5.75 Å². The zero-order valence-electron chi connectivity index (χ0n) is 10.3. The molecule has 0 radical (unpaired) electrons. The first-order valence-corrected chi connectivity index (χ1v) is 5.68. The van der Waals surface area contributed by atoms with E-state index in [0.29, 0.717) is 5.75 Å². The molecule has 1 N–H and O–H groups in total. The molecule has 18 heavy (non-hydrogen) atoms. The molecular formula is C13H16F2O3. The van der Waals surface area contributed by atoms with E-state index in [0.717, 1.165) is 0 Å². The second-order valence-electron chi connectivity index (χ2n) is 4.29. The first-order valence-electron chi connectivity index (χ1n) is 5.68. The molecule has 3 nitrogen and oxygen atoms in total. The molecule has 1 rings (SSSR count). The van der Waals surface area contributed by atoms with Gasteiger partial charge in [-0.15, -0.1) is 0 Å². The van der Waals surface area contributed by atoms with E-state index in [1.54, 1.807) is 0 Å². The highest BCUT2D eigenvalue weighted by Gasteiger charge is 2.31. The zero-order chi connectivity index (χ0) is 13.8. The number of carbonyl (C=O) groups is 1. The summed E-state index contributed by atoms with van der Waals surface area (Å²) >= 11 is 0. The van der Waals surface area contributed by atoms with Gasteiger partial charge in [-0.05, 0) is 38.1 Å². The summed E-state index contributed by atoms with van der Waals surface area (Å²) in [7, 11) is 0. The maximum absolute atomic E-state index is 13.6. The molecule has 1 aromatic rings. The molecular weight excluding hydrogens is 242 g/mol. The van der Waals surface area contributed by atoms with Gasteiger partial charge in [-0.3, -0.25) is 4.79 Å². The normalized spacial score (nSPS) is 11.6. The van der Waals surface area contributed by atoms with Gasteiger partial charge in [0, 0.05) is 12.0 Å². The van der Waals surface area contributed by atoms with E-state index in [1.807, 2.05) is 13.8 Å². The number of carboxylic acid groups (broad SMARTS) is 1. The number of carboxylic acids is 1. The van der Waals surface area contributed by atoms with Crippen LogP contribution < -0.4 is 4.74 Å². The van der Waals surface area contributed by atoms with Crippen molar-refractivity contribution in [3.63, 3.8) is 0 Å². The summed E-state index contributed by atoms with van der Waals surface area (Å²) in [6, 6.07) is 5.45. The Balaban J connectivity index is 2.73. The summed E-state index contributed by atoms with van der Waals surface area (Å²) < 4.78 is 32.6. The number of ether oxygens (including phenoxy) is 1. The first-order chi connectivity index (χ1) is 8.31. The lowest BCUT2D eigenvalue weighted by molar-refractivity contribution is -0.139. The number of halogens is 2. The lowest BCUT2D eigenvalue weighted by Crippen LogP contribution is -2.15. The van der Waals surface area contributed by atoms with E-state index in [9.17, 15) is 13.6 Å². The topological polar surface area (TPSA) is 46.5 Å². The number of aliphatic carboxylic acids is 1. The molecule has 0 fully saturated rings. The minimum Gasteiger partial charge on any atom is -0.491 e. The molecule has 0 aliphatic heterocycles. The fourth-order valence-electron chi connectivity index (χ4n) is 1.46. The van der Waals surface area contributed by atoms with Crippen LogP contribution in [0.4, 0.5) is 8.78 Å². The van der Waals surface area contributed by atoms with E-state index >= 15 is 0 Å². The van der Waals surface area contributed by atoms with E-state index in [4.69, 9.17) is 9.84 Å². The molecule has 0 amide bonds. The molecule has 0 aliphatic rings. The van der Waals surface area contributed by atoms with Gasteiger partial charge in [-0.2, -0.15) is 0 Å². The van der Waals surface area contributed by atoms with Crippen LogP contribution in [-0.2, 0) is 10.7 Å². The fraction of sp³-hybridized carbons (Fsp3) is 0.462. The molecule has 0 spiro atoms. The second-order valence-corrected chi connectivity index (χ2v) is 4.29. The van der Waals surface area contributed by atoms with Crippen molar-refractivity contribution in [2.75, 3.05) is 0 Å². The summed E-state index contributed by atoms with van der Waals surface area (Å²) in [6.45, 7) is 3.69. The third-order valence-corrected chi connectivity index (χ3v) is 2.30. The number of alkyl halides is 2. The average Bonchev–Trinajstić information content (AvgIpc) is 2.26. The van der Waals surface area contributed by atoms with Gasteiger partial charge in [0.2, 0.25) is 0 Å². The third-order valence-electron chi connectivity index (χ3n) is 2.30. The Kier molecular flexibility index (Phi) is 4.64. The van der Waals surface area contributed by atoms with Crippen molar-refractivity contribution in [1.82, 2.24) is 0 Å². The quantitative estimate of drug-likeness (QED) is 0.850. The van der Waals surface area contributed by atoms with E-state index in [2.05, 4.69) is 0 Å². The molecule has 0 aliphatic carbocycles. The van der Waals surface area contributed by atoms with Crippen LogP contribution in [0.1, 0.15) is 32.3 Å². The summed E-state index contributed by atoms with van der Waals surface area (Å²) in [5.41, 5.74) is -0.195. The average molecular weight is 258 g/mol. The van der Waals surface area contributed by atoms with Crippen molar-refractivity contribution in [1.29, 1.82) is 0 Å². The highest BCUT2D eigenvalue weighted by atomic mass is 19.3. The molecule has 5 heteroatoms. The van der Waals surface area contributed by atoms with Gasteiger partial charge >= 0.3 is 5.97 Å². The van der Waals surface area contributed by atoms with Crippen LogP contribution in [0.15, 0.2) is 24.3 Å². The summed E-state index contributed by atoms with van der Waals surface area (Å²) in [5.74, 6) is -3.84. The van der Waals surface area contributed by atoms with Gasteiger partial charge < -0.3 is 9.84 Å². The fourth-order valence-corrected chi connectivity index (χ4v) is 1.46. The minimum absolute atomic E-state index is 0.0247. The van der Waals surface area contributed by atoms with Gasteiger partial charge in [-0.25, -0.2) is 8.78 Å².